The summed E-state index contributed by atoms with van der Waals surface area (Å²) in [4.78, 5) is 26.0. The van der Waals surface area contributed by atoms with Crippen molar-refractivity contribution < 1.29 is 14.3 Å². The number of carbonyl (C=O) groups is 2. The van der Waals surface area contributed by atoms with Gasteiger partial charge in [0.05, 0.1) is 17.3 Å². The second-order valence-corrected chi connectivity index (χ2v) is 8.68. The summed E-state index contributed by atoms with van der Waals surface area (Å²) < 4.78 is 5.84. The number of nitrogens with one attached hydrogen (secondary N) is 1. The van der Waals surface area contributed by atoms with Crippen LogP contribution in [0.1, 0.15) is 51.3 Å². The van der Waals surface area contributed by atoms with Crippen molar-refractivity contribution in [1.29, 1.82) is 0 Å². The van der Waals surface area contributed by atoms with Gasteiger partial charge in [0, 0.05) is 19.0 Å². The summed E-state index contributed by atoms with van der Waals surface area (Å²) in [6.45, 7) is 8.86. The zero-order chi connectivity index (χ0) is 21.2. The lowest BCUT2D eigenvalue weighted by atomic mass is 9.87. The van der Waals surface area contributed by atoms with E-state index < -0.39 is 6.04 Å². The number of fused-ring (bicyclic) bond motifs is 1. The molecule has 154 valence electrons. The van der Waals surface area contributed by atoms with Gasteiger partial charge in [-0.25, -0.2) is 0 Å². The highest BCUT2D eigenvalue weighted by atomic mass is 35.5. The zero-order valence-corrected chi connectivity index (χ0v) is 18.0. The van der Waals surface area contributed by atoms with Crippen LogP contribution >= 0.6 is 11.6 Å². The van der Waals surface area contributed by atoms with Crippen molar-refractivity contribution in [3.05, 3.63) is 58.6 Å². The summed E-state index contributed by atoms with van der Waals surface area (Å²) in [7, 11) is 0. The van der Waals surface area contributed by atoms with E-state index in [2.05, 4.69) is 38.2 Å². The molecule has 0 aromatic heterocycles. The molecular formula is C23H27ClN2O3. The average Bonchev–Trinajstić information content (AvgIpc) is 2.91. The molecule has 0 spiro atoms. The molecule has 0 fully saturated rings. The molecule has 0 bridgehead atoms. The van der Waals surface area contributed by atoms with E-state index in [-0.39, 0.29) is 17.2 Å². The van der Waals surface area contributed by atoms with Gasteiger partial charge in [0.1, 0.15) is 11.8 Å². The minimum atomic E-state index is -0.688. The maximum Gasteiger partial charge on any atom is 0.254 e. The molecule has 0 saturated carbocycles. The molecule has 2 aromatic rings. The molecular weight excluding hydrogens is 388 g/mol. The van der Waals surface area contributed by atoms with Gasteiger partial charge >= 0.3 is 0 Å². The third-order valence-corrected chi connectivity index (χ3v) is 5.28. The molecule has 0 radical (unpaired) electrons. The molecule has 5 nitrogen and oxygen atoms in total. The molecule has 29 heavy (non-hydrogen) atoms. The zero-order valence-electron chi connectivity index (χ0n) is 17.3. The second-order valence-electron chi connectivity index (χ2n) is 8.28. The summed E-state index contributed by atoms with van der Waals surface area (Å²) in [5, 5.41) is 3.22. The van der Waals surface area contributed by atoms with Gasteiger partial charge in [-0.2, -0.15) is 0 Å². The summed E-state index contributed by atoms with van der Waals surface area (Å²) >= 11 is 6.35. The van der Waals surface area contributed by atoms with E-state index in [1.54, 1.807) is 17.0 Å². The molecule has 1 heterocycles. The summed E-state index contributed by atoms with van der Waals surface area (Å²) in [6, 6.07) is 12.8. The molecule has 6 heteroatoms. The van der Waals surface area contributed by atoms with Gasteiger partial charge in [-0.3, -0.25) is 9.59 Å². The van der Waals surface area contributed by atoms with E-state index >= 15 is 0 Å². The largest absolute Gasteiger partial charge is 0.494 e. The number of benzene rings is 2. The van der Waals surface area contributed by atoms with Crippen LogP contribution in [0, 0.1) is 0 Å². The van der Waals surface area contributed by atoms with E-state index in [1.807, 2.05) is 18.2 Å². The minimum absolute atomic E-state index is 0.103. The fraction of sp³-hybridized carbons (Fsp3) is 0.391. The molecule has 3 rings (SSSR count). The molecule has 0 saturated heterocycles. The van der Waals surface area contributed by atoms with Gasteiger partial charge in [0.25, 0.3) is 5.91 Å². The number of hydrogen-bond acceptors (Lipinski definition) is 3. The van der Waals surface area contributed by atoms with E-state index in [1.165, 1.54) is 12.5 Å². The molecule has 1 atom stereocenters. The van der Waals surface area contributed by atoms with Crippen molar-refractivity contribution in [2.24, 2.45) is 0 Å². The summed E-state index contributed by atoms with van der Waals surface area (Å²) in [5.74, 6) is 0.385. The van der Waals surface area contributed by atoms with E-state index in [0.29, 0.717) is 30.3 Å². The lowest BCUT2D eigenvalue weighted by Crippen LogP contribution is -2.37. The standard InChI is InChI=1S/C23H27ClN2O3/c1-15(27)25-20-18-7-5-8-19(24)21(18)26(22(20)28)13-6-14-29-17-11-9-16(10-12-17)23(2,3)4/h5,7-12,20H,6,13-14H2,1-4H3,(H,25,27)/t20-/m0/s1. The Kier molecular flexibility index (Phi) is 6.18. The molecule has 0 unspecified atom stereocenters. The first-order chi connectivity index (χ1) is 13.7. The SMILES string of the molecule is CC(=O)N[C@@H]1C(=O)N(CCCOc2ccc(C(C)(C)C)cc2)c2c(Cl)cccc21. The van der Waals surface area contributed by atoms with E-state index in [9.17, 15) is 9.59 Å². The third kappa shape index (κ3) is 4.73. The third-order valence-electron chi connectivity index (χ3n) is 4.97. The Bertz CT molecular complexity index is 903. The van der Waals surface area contributed by atoms with Crippen LogP contribution < -0.4 is 15.0 Å². The lowest BCUT2D eigenvalue weighted by Gasteiger charge is -2.20. The first-order valence-electron chi connectivity index (χ1n) is 9.78. The molecule has 2 aromatic carbocycles. The Balaban J connectivity index is 1.62. The number of para-hydroxylation sites is 1. The Morgan fingerprint density at radius 1 is 1.17 bits per heavy atom. The quantitative estimate of drug-likeness (QED) is 0.701. The first-order valence-corrected chi connectivity index (χ1v) is 10.2. The van der Waals surface area contributed by atoms with Crippen molar-refractivity contribution >= 4 is 29.1 Å². The van der Waals surface area contributed by atoms with Gasteiger partial charge in [-0.15, -0.1) is 0 Å². The van der Waals surface area contributed by atoms with Crippen LogP contribution in [0.15, 0.2) is 42.5 Å². The molecule has 0 aliphatic carbocycles. The monoisotopic (exact) mass is 414 g/mol. The summed E-state index contributed by atoms with van der Waals surface area (Å²) in [6.07, 6.45) is 0.643. The number of halogens is 1. The highest BCUT2D eigenvalue weighted by Gasteiger charge is 2.38. The van der Waals surface area contributed by atoms with Crippen molar-refractivity contribution in [3.8, 4) is 5.75 Å². The minimum Gasteiger partial charge on any atom is -0.494 e. The van der Waals surface area contributed by atoms with Gasteiger partial charge in [0.15, 0.2) is 0 Å². The maximum atomic E-state index is 12.9. The van der Waals surface area contributed by atoms with Gasteiger partial charge in [-0.1, -0.05) is 56.6 Å². The molecule has 1 N–H and O–H groups in total. The Hall–Kier alpha value is -2.53. The van der Waals surface area contributed by atoms with Crippen LogP contribution in [0.3, 0.4) is 0 Å². The number of anilines is 1. The van der Waals surface area contributed by atoms with E-state index in [0.717, 1.165) is 11.3 Å². The maximum absolute atomic E-state index is 12.9. The normalized spacial score (nSPS) is 16.0. The summed E-state index contributed by atoms with van der Waals surface area (Å²) in [5.41, 5.74) is 2.76. The molecule has 1 aliphatic rings. The van der Waals surface area contributed by atoms with Gasteiger partial charge in [0.2, 0.25) is 5.91 Å². The lowest BCUT2D eigenvalue weighted by molar-refractivity contribution is -0.126. The highest BCUT2D eigenvalue weighted by Crippen LogP contribution is 2.41. The van der Waals surface area contributed by atoms with Crippen molar-refractivity contribution in [3.63, 3.8) is 0 Å². The first kappa shape index (κ1) is 21.2. The smallest absolute Gasteiger partial charge is 0.254 e. The number of ether oxygens (including phenoxy) is 1. The van der Waals surface area contributed by atoms with Crippen LogP contribution in [0.2, 0.25) is 5.02 Å². The second kappa shape index (κ2) is 8.46. The Morgan fingerprint density at radius 2 is 1.86 bits per heavy atom. The highest BCUT2D eigenvalue weighted by molar-refractivity contribution is 6.34. The fourth-order valence-corrected chi connectivity index (χ4v) is 3.76. The molecule has 1 aliphatic heterocycles. The topological polar surface area (TPSA) is 58.6 Å². The van der Waals surface area contributed by atoms with Gasteiger partial charge in [-0.05, 0) is 35.6 Å². The van der Waals surface area contributed by atoms with Crippen molar-refractivity contribution in [1.82, 2.24) is 5.32 Å². The van der Waals surface area contributed by atoms with Crippen LogP contribution in [0.25, 0.3) is 0 Å². The number of carbonyl (C=O) groups excluding carboxylic acids is 2. The van der Waals surface area contributed by atoms with Gasteiger partial charge < -0.3 is 15.0 Å². The van der Waals surface area contributed by atoms with Crippen LogP contribution in [0.5, 0.6) is 5.75 Å². The Labute approximate surface area is 177 Å². The number of amides is 2. The van der Waals surface area contributed by atoms with Crippen molar-refractivity contribution in [2.75, 3.05) is 18.1 Å². The Morgan fingerprint density at radius 3 is 2.48 bits per heavy atom. The average molecular weight is 415 g/mol. The number of rotatable bonds is 6. The van der Waals surface area contributed by atoms with E-state index in [4.69, 9.17) is 16.3 Å². The van der Waals surface area contributed by atoms with Crippen LogP contribution in [-0.4, -0.2) is 25.0 Å². The molecule has 2 amide bonds. The van der Waals surface area contributed by atoms with Crippen molar-refractivity contribution in [2.45, 2.75) is 45.6 Å². The predicted molar refractivity (Wildman–Crippen MR) is 116 cm³/mol. The predicted octanol–water partition coefficient (Wildman–Crippen LogP) is 4.63. The number of nitrogens with zero attached hydrogens (tertiary/aromatic N) is 1. The number of hydrogen-bond donors (Lipinski definition) is 1. The van der Waals surface area contributed by atoms with Crippen LogP contribution in [-0.2, 0) is 15.0 Å². The fourth-order valence-electron chi connectivity index (χ4n) is 3.48. The van der Waals surface area contributed by atoms with Crippen LogP contribution in [0.4, 0.5) is 5.69 Å².